The summed E-state index contributed by atoms with van der Waals surface area (Å²) in [5.41, 5.74) is 3.43. The lowest BCUT2D eigenvalue weighted by molar-refractivity contribution is -0.118. The van der Waals surface area contributed by atoms with E-state index in [1.54, 1.807) is 0 Å². The van der Waals surface area contributed by atoms with Gasteiger partial charge in [-0.3, -0.25) is 9.36 Å². The third kappa shape index (κ3) is 5.58. The molecule has 1 saturated heterocycles. The quantitative estimate of drug-likeness (QED) is 0.543. The summed E-state index contributed by atoms with van der Waals surface area (Å²) >= 11 is 1.44. The molecule has 6 nitrogen and oxygen atoms in total. The van der Waals surface area contributed by atoms with Crippen molar-refractivity contribution in [1.82, 2.24) is 25.0 Å². The van der Waals surface area contributed by atoms with Gasteiger partial charge in [0.15, 0.2) is 5.16 Å². The number of likely N-dealkylation sites (tertiary alicyclic amines) is 1. The van der Waals surface area contributed by atoms with E-state index in [1.165, 1.54) is 49.7 Å². The average molecular weight is 402 g/mol. The lowest BCUT2D eigenvalue weighted by Gasteiger charge is -2.26. The number of carbonyl (C=O) groups excluding carboxylic acids is 1. The fraction of sp³-hybridized carbons (Fsp3) is 0.571. The number of amides is 1. The zero-order valence-electron chi connectivity index (χ0n) is 17.2. The van der Waals surface area contributed by atoms with E-state index in [4.69, 9.17) is 0 Å². The van der Waals surface area contributed by atoms with Gasteiger partial charge in [0, 0.05) is 6.54 Å². The van der Waals surface area contributed by atoms with Crippen LogP contribution in [0, 0.1) is 20.8 Å². The number of thioether (sulfide) groups is 1. The Balaban J connectivity index is 1.49. The molecule has 3 rings (SSSR count). The normalized spacial score (nSPS) is 15.0. The second-order valence-corrected chi connectivity index (χ2v) is 8.49. The first-order valence-corrected chi connectivity index (χ1v) is 11.1. The van der Waals surface area contributed by atoms with Crippen LogP contribution in [0.5, 0.6) is 0 Å². The van der Waals surface area contributed by atoms with Gasteiger partial charge in [-0.1, -0.05) is 30.3 Å². The maximum Gasteiger partial charge on any atom is 0.230 e. The fourth-order valence-electron chi connectivity index (χ4n) is 3.57. The van der Waals surface area contributed by atoms with Crippen LogP contribution in [0.25, 0.3) is 5.69 Å². The molecule has 0 saturated carbocycles. The van der Waals surface area contributed by atoms with Gasteiger partial charge < -0.3 is 10.2 Å². The third-order valence-corrected chi connectivity index (χ3v) is 6.08. The zero-order valence-corrected chi connectivity index (χ0v) is 18.0. The molecule has 2 aromatic rings. The highest BCUT2D eigenvalue weighted by molar-refractivity contribution is 7.99. The average Bonchev–Trinajstić information content (AvgIpc) is 3.06. The molecular weight excluding hydrogens is 370 g/mol. The summed E-state index contributed by atoms with van der Waals surface area (Å²) in [5.74, 6) is 1.24. The number of benzene rings is 1. The predicted octanol–water partition coefficient (Wildman–Crippen LogP) is 3.28. The Morgan fingerprint density at radius 3 is 2.71 bits per heavy atom. The number of hydrogen-bond donors (Lipinski definition) is 1. The lowest BCUT2D eigenvalue weighted by Crippen LogP contribution is -2.33. The Kier molecular flexibility index (Phi) is 7.50. The highest BCUT2D eigenvalue weighted by Crippen LogP contribution is 2.24. The third-order valence-electron chi connectivity index (χ3n) is 5.16. The molecule has 0 radical (unpaired) electrons. The summed E-state index contributed by atoms with van der Waals surface area (Å²) in [5, 5.41) is 12.3. The van der Waals surface area contributed by atoms with Gasteiger partial charge in [0.1, 0.15) is 5.82 Å². The number of aromatic nitrogens is 3. The summed E-state index contributed by atoms with van der Waals surface area (Å²) in [6.07, 6.45) is 4.98. The number of nitrogens with one attached hydrogen (secondary N) is 1. The van der Waals surface area contributed by atoms with Gasteiger partial charge in [0.05, 0.1) is 11.4 Å². The molecule has 7 heteroatoms. The van der Waals surface area contributed by atoms with Gasteiger partial charge >= 0.3 is 0 Å². The summed E-state index contributed by atoms with van der Waals surface area (Å²) in [4.78, 5) is 14.7. The molecule has 152 valence electrons. The molecule has 1 aromatic carbocycles. The van der Waals surface area contributed by atoms with Crippen molar-refractivity contribution < 1.29 is 4.79 Å². The molecule has 2 heterocycles. The maximum absolute atomic E-state index is 12.2. The Bertz CT molecular complexity index is 798. The van der Waals surface area contributed by atoms with E-state index in [0.717, 1.165) is 41.7 Å². The van der Waals surface area contributed by atoms with Crippen molar-refractivity contribution in [1.29, 1.82) is 0 Å². The number of rotatable bonds is 8. The Morgan fingerprint density at radius 1 is 1.14 bits per heavy atom. The van der Waals surface area contributed by atoms with Crippen LogP contribution in [0.2, 0.25) is 0 Å². The van der Waals surface area contributed by atoms with Crippen molar-refractivity contribution in [3.05, 3.63) is 35.2 Å². The van der Waals surface area contributed by atoms with Crippen LogP contribution in [-0.4, -0.2) is 57.5 Å². The minimum atomic E-state index is 0.0526. The van der Waals surface area contributed by atoms with Crippen molar-refractivity contribution in [3.8, 4) is 5.69 Å². The van der Waals surface area contributed by atoms with E-state index in [0.29, 0.717) is 5.75 Å². The first-order valence-electron chi connectivity index (χ1n) is 10.2. The van der Waals surface area contributed by atoms with Crippen LogP contribution in [0.3, 0.4) is 0 Å². The van der Waals surface area contributed by atoms with E-state index < -0.39 is 0 Å². The van der Waals surface area contributed by atoms with E-state index >= 15 is 0 Å². The van der Waals surface area contributed by atoms with Crippen molar-refractivity contribution in [2.24, 2.45) is 0 Å². The van der Waals surface area contributed by atoms with Crippen molar-refractivity contribution >= 4 is 17.7 Å². The van der Waals surface area contributed by atoms with E-state index in [1.807, 2.05) is 11.5 Å². The van der Waals surface area contributed by atoms with Gasteiger partial charge in [-0.05, 0) is 76.9 Å². The molecule has 1 aliphatic rings. The van der Waals surface area contributed by atoms with Gasteiger partial charge in [0.25, 0.3) is 0 Å². The van der Waals surface area contributed by atoms with Gasteiger partial charge in [-0.2, -0.15) is 0 Å². The Morgan fingerprint density at radius 2 is 1.93 bits per heavy atom. The molecule has 0 bridgehead atoms. The predicted molar refractivity (Wildman–Crippen MR) is 114 cm³/mol. The summed E-state index contributed by atoms with van der Waals surface area (Å²) in [7, 11) is 0. The Hall–Kier alpha value is -1.86. The minimum absolute atomic E-state index is 0.0526. The standard InChI is InChI=1S/C21H31N5OS/c1-16-8-9-17(2)19(14-16)26-18(3)23-24-21(26)28-15-20(27)22-10-7-13-25-11-5-4-6-12-25/h8-9,14H,4-7,10-13,15H2,1-3H3,(H,22,27). The van der Waals surface area contributed by atoms with Crippen molar-refractivity contribution in [2.75, 3.05) is 31.9 Å². The van der Waals surface area contributed by atoms with E-state index in [2.05, 4.69) is 52.5 Å². The lowest BCUT2D eigenvalue weighted by atomic mass is 10.1. The Labute approximate surface area is 172 Å². The second kappa shape index (κ2) is 10.1. The monoisotopic (exact) mass is 401 g/mol. The SMILES string of the molecule is Cc1ccc(C)c(-n2c(C)nnc2SCC(=O)NCCCN2CCCCC2)c1. The van der Waals surface area contributed by atoms with Crippen molar-refractivity contribution in [3.63, 3.8) is 0 Å². The van der Waals surface area contributed by atoms with Crippen LogP contribution >= 0.6 is 11.8 Å². The molecule has 0 aliphatic carbocycles. The van der Waals surface area contributed by atoms with Crippen LogP contribution < -0.4 is 5.32 Å². The largest absolute Gasteiger partial charge is 0.355 e. The second-order valence-electron chi connectivity index (χ2n) is 7.55. The first kappa shape index (κ1) is 20.9. The molecule has 0 unspecified atom stereocenters. The summed E-state index contributed by atoms with van der Waals surface area (Å²) in [6, 6.07) is 6.34. The highest BCUT2D eigenvalue weighted by atomic mass is 32.2. The number of aryl methyl sites for hydroxylation is 3. The van der Waals surface area contributed by atoms with Gasteiger partial charge in [-0.25, -0.2) is 0 Å². The van der Waals surface area contributed by atoms with Crippen molar-refractivity contribution in [2.45, 2.75) is 51.6 Å². The number of piperidine rings is 1. The molecular formula is C21H31N5OS. The van der Waals surface area contributed by atoms with Crippen LogP contribution in [0.4, 0.5) is 0 Å². The van der Waals surface area contributed by atoms with Gasteiger partial charge in [-0.15, -0.1) is 10.2 Å². The van der Waals surface area contributed by atoms with E-state index in [-0.39, 0.29) is 5.91 Å². The van der Waals surface area contributed by atoms with Crippen LogP contribution in [0.15, 0.2) is 23.4 Å². The minimum Gasteiger partial charge on any atom is -0.355 e. The maximum atomic E-state index is 12.2. The fourth-order valence-corrected chi connectivity index (χ4v) is 4.39. The molecule has 1 fully saturated rings. The molecule has 28 heavy (non-hydrogen) atoms. The molecule has 1 aromatic heterocycles. The number of hydrogen-bond acceptors (Lipinski definition) is 5. The molecule has 0 spiro atoms. The van der Waals surface area contributed by atoms with E-state index in [9.17, 15) is 4.79 Å². The van der Waals surface area contributed by atoms with Crippen LogP contribution in [0.1, 0.15) is 42.6 Å². The smallest absolute Gasteiger partial charge is 0.230 e. The summed E-state index contributed by atoms with van der Waals surface area (Å²) < 4.78 is 2.04. The topological polar surface area (TPSA) is 63.1 Å². The molecule has 1 aliphatic heterocycles. The number of nitrogens with zero attached hydrogens (tertiary/aromatic N) is 4. The first-order chi connectivity index (χ1) is 13.5. The summed E-state index contributed by atoms with van der Waals surface area (Å²) in [6.45, 7) is 10.3. The van der Waals surface area contributed by atoms with Crippen LogP contribution in [-0.2, 0) is 4.79 Å². The molecule has 1 amide bonds. The number of carbonyl (C=O) groups is 1. The van der Waals surface area contributed by atoms with Gasteiger partial charge in [0.2, 0.25) is 5.91 Å². The highest BCUT2D eigenvalue weighted by Gasteiger charge is 2.15. The molecule has 1 N–H and O–H groups in total. The molecule has 0 atom stereocenters. The zero-order chi connectivity index (χ0) is 19.9.